The summed E-state index contributed by atoms with van der Waals surface area (Å²) in [4.78, 5) is 29.6. The highest BCUT2D eigenvalue weighted by atomic mass is 32.2. The van der Waals surface area contributed by atoms with Crippen molar-refractivity contribution in [2.75, 3.05) is 6.61 Å². The maximum atomic E-state index is 12.9. The lowest BCUT2D eigenvalue weighted by Gasteiger charge is -2.20. The number of rotatable bonds is 8. The highest BCUT2D eigenvalue weighted by Gasteiger charge is 2.27. The Bertz CT molecular complexity index is 1150. The summed E-state index contributed by atoms with van der Waals surface area (Å²) in [7, 11) is 0. The molecule has 0 spiro atoms. The molecule has 2 aromatic heterocycles. The van der Waals surface area contributed by atoms with Gasteiger partial charge in [-0.1, -0.05) is 37.5 Å². The molecule has 0 amide bonds. The van der Waals surface area contributed by atoms with Gasteiger partial charge in [-0.2, -0.15) is 17.0 Å². The summed E-state index contributed by atoms with van der Waals surface area (Å²) < 4.78 is 11.1. The molecule has 0 aliphatic heterocycles. The van der Waals surface area contributed by atoms with Crippen LogP contribution in [0.15, 0.2) is 34.1 Å². The number of aromatic nitrogens is 1. The van der Waals surface area contributed by atoms with E-state index >= 15 is 0 Å². The van der Waals surface area contributed by atoms with Crippen LogP contribution in [0.2, 0.25) is 0 Å². The number of esters is 1. The lowest BCUT2D eigenvalue weighted by Crippen LogP contribution is -2.20. The average molecular weight is 469 g/mol. The van der Waals surface area contributed by atoms with Crippen LogP contribution in [-0.4, -0.2) is 28.6 Å². The van der Waals surface area contributed by atoms with Gasteiger partial charge < -0.3 is 9.15 Å². The van der Waals surface area contributed by atoms with Gasteiger partial charge in [-0.15, -0.1) is 11.3 Å². The van der Waals surface area contributed by atoms with Gasteiger partial charge in [-0.25, -0.2) is 9.78 Å². The van der Waals surface area contributed by atoms with E-state index < -0.39 is 24.3 Å². The summed E-state index contributed by atoms with van der Waals surface area (Å²) in [6, 6.07) is 9.50. The molecular weight excluding hydrogens is 444 g/mol. The van der Waals surface area contributed by atoms with Crippen molar-refractivity contribution >= 4 is 45.8 Å². The number of thioether (sulfide) groups is 1. The number of fused-ring (bicyclic) bond motifs is 1. The molecule has 6 nitrogen and oxygen atoms in total. The van der Waals surface area contributed by atoms with Crippen LogP contribution in [0.3, 0.4) is 0 Å². The van der Waals surface area contributed by atoms with Crippen LogP contribution in [0.25, 0.3) is 11.0 Å². The summed E-state index contributed by atoms with van der Waals surface area (Å²) in [5.41, 5.74) is 2.18. The van der Waals surface area contributed by atoms with Crippen LogP contribution in [0.4, 0.5) is 0 Å². The predicted octanol–water partition coefficient (Wildman–Crippen LogP) is 5.80. The number of carbonyl (C=O) groups excluding carboxylic acids is 2. The summed E-state index contributed by atoms with van der Waals surface area (Å²) in [6.07, 6.45) is 6.18. The number of nitriles is 1. The van der Waals surface area contributed by atoms with Crippen molar-refractivity contribution < 1.29 is 18.7 Å². The summed E-state index contributed by atoms with van der Waals surface area (Å²) in [5.74, 6) is -1.43. The van der Waals surface area contributed by atoms with E-state index in [2.05, 4.69) is 4.98 Å². The van der Waals surface area contributed by atoms with E-state index in [4.69, 9.17) is 9.15 Å². The summed E-state index contributed by atoms with van der Waals surface area (Å²) >= 11 is 3.10. The third-order valence-corrected chi connectivity index (χ3v) is 8.01. The van der Waals surface area contributed by atoms with Gasteiger partial charge in [0.2, 0.25) is 5.76 Å². The number of ketones is 1. The Morgan fingerprint density at radius 1 is 1.31 bits per heavy atom. The van der Waals surface area contributed by atoms with Crippen LogP contribution in [0.1, 0.15) is 64.8 Å². The molecule has 3 aromatic rings. The quantitative estimate of drug-likeness (QED) is 0.386. The third kappa shape index (κ3) is 5.05. The van der Waals surface area contributed by atoms with E-state index in [-0.39, 0.29) is 5.76 Å². The second kappa shape index (κ2) is 10.3. The number of benzene rings is 1. The minimum absolute atomic E-state index is 0.140. The fraction of sp³-hybridized carbons (Fsp3) is 0.417. The Morgan fingerprint density at radius 2 is 2.09 bits per heavy atom. The van der Waals surface area contributed by atoms with Crippen LogP contribution in [0, 0.1) is 18.3 Å². The molecule has 1 saturated carbocycles. The van der Waals surface area contributed by atoms with Crippen molar-refractivity contribution in [2.24, 2.45) is 0 Å². The fourth-order valence-electron chi connectivity index (χ4n) is 3.90. The second-order valence-electron chi connectivity index (χ2n) is 7.91. The molecule has 1 atom stereocenters. The maximum absolute atomic E-state index is 12.9. The zero-order valence-corrected chi connectivity index (χ0v) is 19.5. The Morgan fingerprint density at radius 3 is 2.81 bits per heavy atom. The Kier molecular flexibility index (Phi) is 7.28. The fourth-order valence-corrected chi connectivity index (χ4v) is 6.11. The Hall–Kier alpha value is -2.63. The number of carbonyl (C=O) groups is 2. The number of para-hydroxylation sites is 1. The van der Waals surface area contributed by atoms with Crippen molar-refractivity contribution in [3.8, 4) is 6.07 Å². The van der Waals surface area contributed by atoms with E-state index in [0.29, 0.717) is 21.6 Å². The number of nitrogens with zero attached hydrogens (tertiary/aromatic N) is 2. The van der Waals surface area contributed by atoms with Gasteiger partial charge >= 0.3 is 5.97 Å². The standard InChI is InChI=1S/C24H24N2O4S2/c1-15-13-32-23(26-15)18(11-25)20(27)12-29-24(28)22-19(14-31-16-7-3-2-4-8-16)17-9-5-6-10-21(17)30-22/h5-6,9-10,13,16,18H,2-4,7-8,12,14H2,1H3. The molecule has 4 rings (SSSR count). The number of ether oxygens (including phenoxy) is 1. The monoisotopic (exact) mass is 468 g/mol. The largest absolute Gasteiger partial charge is 0.452 e. The molecule has 0 bridgehead atoms. The first-order valence-electron chi connectivity index (χ1n) is 10.7. The molecule has 2 heterocycles. The van der Waals surface area contributed by atoms with Gasteiger partial charge in [-0.05, 0) is 25.8 Å². The number of furan rings is 1. The first-order chi connectivity index (χ1) is 15.6. The molecular formula is C24H24N2O4S2. The molecule has 1 fully saturated rings. The van der Waals surface area contributed by atoms with Gasteiger partial charge in [0.15, 0.2) is 18.3 Å². The Labute approximate surface area is 195 Å². The Balaban J connectivity index is 1.47. The molecule has 166 valence electrons. The molecule has 0 N–H and O–H groups in total. The van der Waals surface area contributed by atoms with Gasteiger partial charge in [-0.3, -0.25) is 4.79 Å². The van der Waals surface area contributed by atoms with E-state index in [0.717, 1.165) is 16.6 Å². The van der Waals surface area contributed by atoms with Gasteiger partial charge in [0, 0.05) is 33.0 Å². The van der Waals surface area contributed by atoms with E-state index in [1.165, 1.54) is 43.4 Å². The first-order valence-corrected chi connectivity index (χ1v) is 12.6. The summed E-state index contributed by atoms with van der Waals surface area (Å²) in [5, 5.41) is 13.1. The molecule has 1 unspecified atom stereocenters. The molecule has 0 radical (unpaired) electrons. The lowest BCUT2D eigenvalue weighted by atomic mass is 10.0. The minimum Gasteiger partial charge on any atom is -0.452 e. The summed E-state index contributed by atoms with van der Waals surface area (Å²) in [6.45, 7) is 1.30. The van der Waals surface area contributed by atoms with Gasteiger partial charge in [0.05, 0.1) is 6.07 Å². The van der Waals surface area contributed by atoms with E-state index in [9.17, 15) is 14.9 Å². The van der Waals surface area contributed by atoms with Gasteiger partial charge in [0.1, 0.15) is 10.6 Å². The molecule has 32 heavy (non-hydrogen) atoms. The van der Waals surface area contributed by atoms with Crippen molar-refractivity contribution in [3.05, 3.63) is 51.7 Å². The molecule has 1 aliphatic carbocycles. The smallest absolute Gasteiger partial charge is 0.375 e. The predicted molar refractivity (Wildman–Crippen MR) is 125 cm³/mol. The first kappa shape index (κ1) is 22.6. The zero-order chi connectivity index (χ0) is 22.5. The average Bonchev–Trinajstić information content (AvgIpc) is 3.41. The van der Waals surface area contributed by atoms with Crippen molar-refractivity contribution in [1.29, 1.82) is 5.26 Å². The highest BCUT2D eigenvalue weighted by Crippen LogP contribution is 2.35. The van der Waals surface area contributed by atoms with Crippen molar-refractivity contribution in [2.45, 2.75) is 55.9 Å². The normalized spacial score (nSPS) is 15.4. The highest BCUT2D eigenvalue weighted by molar-refractivity contribution is 7.99. The van der Waals surface area contributed by atoms with E-state index in [1.807, 2.05) is 42.1 Å². The number of thiazole rings is 1. The number of hydrogen-bond donors (Lipinski definition) is 0. The third-order valence-electron chi connectivity index (χ3n) is 5.58. The SMILES string of the molecule is Cc1csc(C(C#N)C(=O)COC(=O)c2oc3ccccc3c2CSC2CCCCC2)n1. The number of aryl methyl sites for hydroxylation is 1. The van der Waals surface area contributed by atoms with Gasteiger partial charge in [0.25, 0.3) is 0 Å². The molecule has 1 aromatic carbocycles. The van der Waals surface area contributed by atoms with Crippen molar-refractivity contribution in [3.63, 3.8) is 0 Å². The van der Waals surface area contributed by atoms with Crippen LogP contribution >= 0.6 is 23.1 Å². The van der Waals surface area contributed by atoms with Crippen LogP contribution in [-0.2, 0) is 15.3 Å². The topological polar surface area (TPSA) is 93.2 Å². The van der Waals surface area contributed by atoms with Crippen LogP contribution < -0.4 is 0 Å². The molecule has 8 heteroatoms. The number of hydrogen-bond acceptors (Lipinski definition) is 8. The maximum Gasteiger partial charge on any atom is 0.375 e. The lowest BCUT2D eigenvalue weighted by molar-refractivity contribution is -0.122. The number of Topliss-reactive ketones (excluding diaryl/α,β-unsaturated/α-hetero) is 1. The molecule has 1 aliphatic rings. The van der Waals surface area contributed by atoms with Crippen molar-refractivity contribution in [1.82, 2.24) is 4.98 Å². The minimum atomic E-state index is -1.04. The molecule has 0 saturated heterocycles. The second-order valence-corrected chi connectivity index (χ2v) is 10.1. The van der Waals surface area contributed by atoms with E-state index in [1.54, 1.807) is 12.3 Å². The zero-order valence-electron chi connectivity index (χ0n) is 17.8. The van der Waals surface area contributed by atoms with Crippen LogP contribution in [0.5, 0.6) is 0 Å².